The average Bonchev–Trinajstić information content (AvgIpc) is 3.04. The van der Waals surface area contributed by atoms with Crippen LogP contribution in [-0.2, 0) is 0 Å². The normalized spacial score (nSPS) is 12.2. The Morgan fingerprint density at radius 1 is 1.17 bits per heavy atom. The number of amides is 1. The Hall–Kier alpha value is -2.75. The summed E-state index contributed by atoms with van der Waals surface area (Å²) < 4.78 is 11.1. The predicted molar refractivity (Wildman–Crippen MR) is 94.5 cm³/mol. The van der Waals surface area contributed by atoms with Gasteiger partial charge >= 0.3 is 0 Å². The SMILES string of the molecule is COc1cccc2cc(C(=O)N(C)C(C)c3ccc(C)cc3)oc12. The van der Waals surface area contributed by atoms with Crippen LogP contribution in [0.25, 0.3) is 11.0 Å². The summed E-state index contributed by atoms with van der Waals surface area (Å²) in [6.45, 7) is 4.05. The van der Waals surface area contributed by atoms with Gasteiger partial charge in [-0.2, -0.15) is 0 Å². The van der Waals surface area contributed by atoms with E-state index < -0.39 is 0 Å². The van der Waals surface area contributed by atoms with E-state index in [-0.39, 0.29) is 11.9 Å². The minimum atomic E-state index is -0.152. The molecule has 0 aliphatic rings. The number of fused-ring (bicyclic) bond motifs is 1. The van der Waals surface area contributed by atoms with Crippen LogP contribution in [0, 0.1) is 6.92 Å². The summed E-state index contributed by atoms with van der Waals surface area (Å²) in [7, 11) is 3.38. The van der Waals surface area contributed by atoms with Crippen molar-refractivity contribution in [3.63, 3.8) is 0 Å². The highest BCUT2D eigenvalue weighted by Gasteiger charge is 2.22. The van der Waals surface area contributed by atoms with E-state index in [0.29, 0.717) is 17.1 Å². The Kier molecular flexibility index (Phi) is 4.30. The minimum absolute atomic E-state index is 0.0480. The Balaban J connectivity index is 1.89. The van der Waals surface area contributed by atoms with Crippen molar-refractivity contribution in [1.82, 2.24) is 4.90 Å². The average molecular weight is 323 g/mol. The lowest BCUT2D eigenvalue weighted by Gasteiger charge is -2.24. The molecule has 0 N–H and O–H groups in total. The van der Waals surface area contributed by atoms with Crippen molar-refractivity contribution in [2.75, 3.05) is 14.2 Å². The summed E-state index contributed by atoms with van der Waals surface area (Å²) in [6, 6.07) is 15.5. The van der Waals surface area contributed by atoms with E-state index >= 15 is 0 Å². The molecule has 24 heavy (non-hydrogen) atoms. The van der Waals surface area contributed by atoms with Crippen molar-refractivity contribution < 1.29 is 13.9 Å². The molecule has 1 heterocycles. The lowest BCUT2D eigenvalue weighted by atomic mass is 10.1. The van der Waals surface area contributed by atoms with E-state index in [0.717, 1.165) is 10.9 Å². The number of para-hydroxylation sites is 1. The van der Waals surface area contributed by atoms with Crippen LogP contribution in [0.3, 0.4) is 0 Å². The molecule has 0 saturated heterocycles. The van der Waals surface area contributed by atoms with Crippen molar-refractivity contribution in [2.24, 2.45) is 0 Å². The fraction of sp³-hybridized carbons (Fsp3) is 0.250. The van der Waals surface area contributed by atoms with Crippen LogP contribution >= 0.6 is 0 Å². The van der Waals surface area contributed by atoms with E-state index in [9.17, 15) is 4.79 Å². The molecule has 3 aromatic rings. The predicted octanol–water partition coefficient (Wildman–Crippen LogP) is 4.58. The number of hydrogen-bond acceptors (Lipinski definition) is 3. The zero-order valence-electron chi connectivity index (χ0n) is 14.4. The molecule has 1 aromatic heterocycles. The number of carbonyl (C=O) groups is 1. The molecule has 1 amide bonds. The number of nitrogens with zero attached hydrogens (tertiary/aromatic N) is 1. The maximum Gasteiger partial charge on any atom is 0.289 e. The zero-order valence-corrected chi connectivity index (χ0v) is 14.4. The second kappa shape index (κ2) is 6.40. The van der Waals surface area contributed by atoms with E-state index in [1.54, 1.807) is 25.1 Å². The fourth-order valence-electron chi connectivity index (χ4n) is 2.72. The quantitative estimate of drug-likeness (QED) is 0.705. The maximum atomic E-state index is 12.8. The van der Waals surface area contributed by atoms with Gasteiger partial charge in [-0.15, -0.1) is 0 Å². The lowest BCUT2D eigenvalue weighted by molar-refractivity contribution is 0.0712. The summed E-state index contributed by atoms with van der Waals surface area (Å²) in [5, 5.41) is 0.856. The summed E-state index contributed by atoms with van der Waals surface area (Å²) in [4.78, 5) is 14.5. The lowest BCUT2D eigenvalue weighted by Crippen LogP contribution is -2.29. The number of rotatable bonds is 4. The van der Waals surface area contributed by atoms with Gasteiger partial charge < -0.3 is 14.1 Å². The van der Waals surface area contributed by atoms with Crippen LogP contribution in [0.5, 0.6) is 5.75 Å². The molecule has 124 valence electrons. The van der Waals surface area contributed by atoms with Gasteiger partial charge in [0.05, 0.1) is 13.2 Å². The monoisotopic (exact) mass is 323 g/mol. The number of carbonyl (C=O) groups excluding carboxylic acids is 1. The van der Waals surface area contributed by atoms with E-state index in [1.807, 2.05) is 44.2 Å². The molecule has 0 spiro atoms. The van der Waals surface area contributed by atoms with Gasteiger partial charge in [-0.3, -0.25) is 4.79 Å². The number of furan rings is 1. The Labute approximate surface area is 141 Å². The highest BCUT2D eigenvalue weighted by Crippen LogP contribution is 2.30. The third kappa shape index (κ3) is 2.87. The first kappa shape index (κ1) is 16.1. The van der Waals surface area contributed by atoms with Gasteiger partial charge in [0.15, 0.2) is 17.1 Å². The first-order chi connectivity index (χ1) is 11.5. The van der Waals surface area contributed by atoms with Crippen molar-refractivity contribution in [3.8, 4) is 5.75 Å². The third-order valence-electron chi connectivity index (χ3n) is 4.40. The zero-order chi connectivity index (χ0) is 17.3. The molecule has 4 nitrogen and oxygen atoms in total. The van der Waals surface area contributed by atoms with Gasteiger partial charge in [0.1, 0.15) is 0 Å². The van der Waals surface area contributed by atoms with Crippen LogP contribution in [0.2, 0.25) is 0 Å². The van der Waals surface area contributed by atoms with Gasteiger partial charge in [-0.1, -0.05) is 42.0 Å². The Bertz CT molecular complexity index is 864. The summed E-state index contributed by atoms with van der Waals surface area (Å²) >= 11 is 0. The summed E-state index contributed by atoms with van der Waals surface area (Å²) in [6.07, 6.45) is 0. The smallest absolute Gasteiger partial charge is 0.289 e. The van der Waals surface area contributed by atoms with Gasteiger partial charge in [-0.25, -0.2) is 0 Å². The van der Waals surface area contributed by atoms with Gasteiger partial charge in [0, 0.05) is 12.4 Å². The number of ether oxygens (including phenoxy) is 1. The van der Waals surface area contributed by atoms with Gasteiger partial charge in [0.25, 0.3) is 5.91 Å². The van der Waals surface area contributed by atoms with Crippen LogP contribution in [0.15, 0.2) is 52.9 Å². The number of benzene rings is 2. The number of methoxy groups -OCH3 is 1. The largest absolute Gasteiger partial charge is 0.493 e. The van der Waals surface area contributed by atoms with Crippen molar-refractivity contribution in [1.29, 1.82) is 0 Å². The molecule has 0 saturated carbocycles. The molecular weight excluding hydrogens is 302 g/mol. The number of aryl methyl sites for hydroxylation is 1. The molecule has 0 fully saturated rings. The molecule has 3 rings (SSSR count). The highest BCUT2D eigenvalue weighted by molar-refractivity contribution is 5.97. The highest BCUT2D eigenvalue weighted by atomic mass is 16.5. The Morgan fingerprint density at radius 3 is 2.54 bits per heavy atom. The van der Waals surface area contributed by atoms with Crippen molar-refractivity contribution >= 4 is 16.9 Å². The molecule has 2 aromatic carbocycles. The van der Waals surface area contributed by atoms with Crippen molar-refractivity contribution in [2.45, 2.75) is 19.9 Å². The molecule has 0 radical (unpaired) electrons. The summed E-state index contributed by atoms with van der Waals surface area (Å²) in [5.74, 6) is 0.790. The van der Waals surface area contributed by atoms with Crippen LogP contribution in [-0.4, -0.2) is 25.0 Å². The third-order valence-corrected chi connectivity index (χ3v) is 4.40. The molecule has 0 bridgehead atoms. The van der Waals surface area contributed by atoms with Crippen molar-refractivity contribution in [3.05, 3.63) is 65.4 Å². The molecule has 0 aliphatic heterocycles. The molecule has 1 unspecified atom stereocenters. The van der Waals surface area contributed by atoms with Gasteiger partial charge in [-0.05, 0) is 31.5 Å². The standard InChI is InChI=1S/C20H21NO3/c1-13-8-10-15(11-9-13)14(2)21(3)20(22)18-12-16-6-5-7-17(23-4)19(16)24-18/h5-12,14H,1-4H3. The van der Waals surface area contributed by atoms with E-state index in [4.69, 9.17) is 9.15 Å². The van der Waals surface area contributed by atoms with E-state index in [2.05, 4.69) is 12.1 Å². The van der Waals surface area contributed by atoms with Crippen LogP contribution < -0.4 is 4.74 Å². The van der Waals surface area contributed by atoms with Crippen LogP contribution in [0.4, 0.5) is 0 Å². The molecule has 1 atom stereocenters. The van der Waals surface area contributed by atoms with Gasteiger partial charge in [0.2, 0.25) is 0 Å². The number of hydrogen-bond donors (Lipinski definition) is 0. The van der Waals surface area contributed by atoms with Crippen LogP contribution in [0.1, 0.15) is 34.6 Å². The molecular formula is C20H21NO3. The first-order valence-electron chi connectivity index (χ1n) is 7.91. The Morgan fingerprint density at radius 2 is 1.88 bits per heavy atom. The molecule has 0 aliphatic carbocycles. The first-order valence-corrected chi connectivity index (χ1v) is 7.91. The second-order valence-corrected chi connectivity index (χ2v) is 5.99. The fourth-order valence-corrected chi connectivity index (χ4v) is 2.72. The summed E-state index contributed by atoms with van der Waals surface area (Å²) in [5.41, 5.74) is 2.88. The minimum Gasteiger partial charge on any atom is -0.493 e. The maximum absolute atomic E-state index is 12.8. The topological polar surface area (TPSA) is 42.7 Å². The van der Waals surface area contributed by atoms with E-state index in [1.165, 1.54) is 5.56 Å². The molecule has 4 heteroatoms. The second-order valence-electron chi connectivity index (χ2n) is 5.99.